The lowest BCUT2D eigenvalue weighted by Crippen LogP contribution is -2.52. The van der Waals surface area contributed by atoms with Crippen LogP contribution in [0.15, 0.2) is 11.6 Å². The number of Topliss-reactive ketones (excluding diaryl/α,β-unsaturated/α-hetero) is 1. The first-order valence-corrected chi connectivity index (χ1v) is 9.16. The number of hydrogen-bond acceptors (Lipinski definition) is 1. The predicted molar refractivity (Wildman–Crippen MR) is 85.9 cm³/mol. The SMILES string of the molecule is CC1=CC2CC[C@@H]3[C@H](CC[C@]4(C)C(=O)CC[C@@H]34)[C@@]2(C)CC1. The number of carbonyl (C=O) groups is 1. The molecule has 21 heavy (non-hydrogen) atoms. The molecule has 0 amide bonds. The van der Waals surface area contributed by atoms with Gasteiger partial charge in [-0.2, -0.15) is 0 Å². The molecule has 1 unspecified atom stereocenters. The molecule has 1 nitrogen and oxygen atoms in total. The molecular formula is C20H30O. The van der Waals surface area contributed by atoms with Crippen LogP contribution in [0.2, 0.25) is 0 Å². The summed E-state index contributed by atoms with van der Waals surface area (Å²) in [5, 5.41) is 0. The van der Waals surface area contributed by atoms with Crippen molar-refractivity contribution in [2.24, 2.45) is 34.5 Å². The topological polar surface area (TPSA) is 17.1 Å². The van der Waals surface area contributed by atoms with E-state index in [1.54, 1.807) is 5.57 Å². The fraction of sp³-hybridized carbons (Fsp3) is 0.850. The first kappa shape index (κ1) is 14.0. The Labute approximate surface area is 129 Å². The normalized spacial score (nSPS) is 52.7. The summed E-state index contributed by atoms with van der Waals surface area (Å²) in [6, 6.07) is 0. The summed E-state index contributed by atoms with van der Waals surface area (Å²) in [4.78, 5) is 12.4. The van der Waals surface area contributed by atoms with Crippen LogP contribution >= 0.6 is 0 Å². The van der Waals surface area contributed by atoms with Crippen LogP contribution in [0.25, 0.3) is 0 Å². The molecule has 0 aromatic rings. The van der Waals surface area contributed by atoms with E-state index in [2.05, 4.69) is 26.8 Å². The summed E-state index contributed by atoms with van der Waals surface area (Å²) < 4.78 is 0. The summed E-state index contributed by atoms with van der Waals surface area (Å²) in [5.74, 6) is 3.81. The van der Waals surface area contributed by atoms with E-state index >= 15 is 0 Å². The van der Waals surface area contributed by atoms with Gasteiger partial charge in [-0.05, 0) is 81.0 Å². The van der Waals surface area contributed by atoms with Gasteiger partial charge in [0.25, 0.3) is 0 Å². The van der Waals surface area contributed by atoms with Gasteiger partial charge in [-0.25, -0.2) is 0 Å². The monoisotopic (exact) mass is 286 g/mol. The van der Waals surface area contributed by atoms with Crippen molar-refractivity contribution < 1.29 is 4.79 Å². The average molecular weight is 286 g/mol. The molecule has 0 heterocycles. The number of fused-ring (bicyclic) bond motifs is 5. The van der Waals surface area contributed by atoms with Gasteiger partial charge in [-0.3, -0.25) is 4.79 Å². The quantitative estimate of drug-likeness (QED) is 0.562. The zero-order valence-electron chi connectivity index (χ0n) is 14.0. The Morgan fingerprint density at radius 1 is 1.00 bits per heavy atom. The summed E-state index contributed by atoms with van der Waals surface area (Å²) in [6.07, 6.45) is 12.6. The Bertz CT molecular complexity index is 504. The van der Waals surface area contributed by atoms with Crippen molar-refractivity contribution in [1.82, 2.24) is 0 Å². The average Bonchev–Trinajstić information content (AvgIpc) is 2.76. The van der Waals surface area contributed by atoms with E-state index in [1.807, 2.05) is 0 Å². The lowest BCUT2D eigenvalue weighted by atomic mass is 9.46. The van der Waals surface area contributed by atoms with Gasteiger partial charge in [0.15, 0.2) is 0 Å². The van der Waals surface area contributed by atoms with E-state index < -0.39 is 0 Å². The minimum atomic E-state index is 0.0464. The van der Waals surface area contributed by atoms with E-state index in [0.29, 0.717) is 17.1 Å². The van der Waals surface area contributed by atoms with Gasteiger partial charge in [0, 0.05) is 11.8 Å². The highest BCUT2D eigenvalue weighted by molar-refractivity contribution is 5.87. The Morgan fingerprint density at radius 3 is 2.62 bits per heavy atom. The van der Waals surface area contributed by atoms with Crippen LogP contribution in [0.4, 0.5) is 0 Å². The predicted octanol–water partition coefficient (Wildman–Crippen LogP) is 5.15. The summed E-state index contributed by atoms with van der Waals surface area (Å²) in [7, 11) is 0. The second-order valence-corrected chi connectivity index (χ2v) is 9.00. The highest BCUT2D eigenvalue weighted by Gasteiger charge is 2.59. The maximum absolute atomic E-state index is 12.4. The molecule has 4 aliphatic rings. The number of hydrogen-bond donors (Lipinski definition) is 0. The van der Waals surface area contributed by atoms with Crippen LogP contribution in [-0.2, 0) is 4.79 Å². The third kappa shape index (κ3) is 1.79. The van der Waals surface area contributed by atoms with Gasteiger partial charge >= 0.3 is 0 Å². The molecule has 4 rings (SSSR count). The zero-order chi connectivity index (χ0) is 14.8. The molecule has 4 aliphatic carbocycles. The van der Waals surface area contributed by atoms with E-state index in [-0.39, 0.29) is 5.41 Å². The van der Waals surface area contributed by atoms with Crippen molar-refractivity contribution in [1.29, 1.82) is 0 Å². The summed E-state index contributed by atoms with van der Waals surface area (Å²) >= 11 is 0. The highest BCUT2D eigenvalue weighted by Crippen LogP contribution is 2.64. The van der Waals surface area contributed by atoms with Crippen molar-refractivity contribution in [2.75, 3.05) is 0 Å². The first-order chi connectivity index (χ1) is 9.95. The molecule has 116 valence electrons. The Kier molecular flexibility index (Phi) is 2.98. The van der Waals surface area contributed by atoms with Crippen molar-refractivity contribution in [2.45, 2.75) is 72.1 Å². The first-order valence-electron chi connectivity index (χ1n) is 9.16. The zero-order valence-corrected chi connectivity index (χ0v) is 14.0. The molecular weight excluding hydrogens is 256 g/mol. The van der Waals surface area contributed by atoms with Crippen molar-refractivity contribution in [3.8, 4) is 0 Å². The van der Waals surface area contributed by atoms with Crippen LogP contribution in [0.5, 0.6) is 0 Å². The fourth-order valence-electron chi connectivity index (χ4n) is 6.79. The minimum Gasteiger partial charge on any atom is -0.299 e. The molecule has 0 aromatic heterocycles. The third-order valence-electron chi connectivity index (χ3n) is 8.19. The molecule has 0 saturated heterocycles. The minimum absolute atomic E-state index is 0.0464. The molecule has 0 spiro atoms. The summed E-state index contributed by atoms with van der Waals surface area (Å²) in [5.41, 5.74) is 2.19. The third-order valence-corrected chi connectivity index (χ3v) is 8.19. The molecule has 0 N–H and O–H groups in total. The Balaban J connectivity index is 1.67. The lowest BCUT2D eigenvalue weighted by Gasteiger charge is -2.58. The molecule has 0 aliphatic heterocycles. The van der Waals surface area contributed by atoms with E-state index in [0.717, 1.165) is 24.2 Å². The molecule has 1 heteroatoms. The van der Waals surface area contributed by atoms with Gasteiger partial charge < -0.3 is 0 Å². The van der Waals surface area contributed by atoms with Crippen LogP contribution in [0.1, 0.15) is 72.1 Å². The van der Waals surface area contributed by atoms with Gasteiger partial charge in [-0.15, -0.1) is 0 Å². The largest absolute Gasteiger partial charge is 0.299 e. The van der Waals surface area contributed by atoms with Gasteiger partial charge in [-0.1, -0.05) is 25.5 Å². The van der Waals surface area contributed by atoms with Gasteiger partial charge in [0.05, 0.1) is 0 Å². The smallest absolute Gasteiger partial charge is 0.139 e. The molecule has 6 atom stereocenters. The maximum atomic E-state index is 12.4. The lowest BCUT2D eigenvalue weighted by molar-refractivity contribution is -0.135. The van der Waals surface area contributed by atoms with Crippen molar-refractivity contribution in [3.63, 3.8) is 0 Å². The van der Waals surface area contributed by atoms with E-state index in [9.17, 15) is 4.79 Å². The second-order valence-electron chi connectivity index (χ2n) is 9.00. The van der Waals surface area contributed by atoms with Crippen molar-refractivity contribution in [3.05, 3.63) is 11.6 Å². The molecule has 0 bridgehead atoms. The number of ketones is 1. The summed E-state index contributed by atoms with van der Waals surface area (Å²) in [6.45, 7) is 7.19. The maximum Gasteiger partial charge on any atom is 0.139 e. The Hall–Kier alpha value is -0.590. The molecule has 0 radical (unpaired) electrons. The number of allylic oxidation sites excluding steroid dienone is 2. The van der Waals surface area contributed by atoms with E-state index in [1.165, 1.54) is 44.9 Å². The fourth-order valence-corrected chi connectivity index (χ4v) is 6.79. The van der Waals surface area contributed by atoms with Crippen LogP contribution < -0.4 is 0 Å². The van der Waals surface area contributed by atoms with Crippen LogP contribution in [0.3, 0.4) is 0 Å². The standard InChI is InChI=1S/C20H30O/c1-13-8-10-19(2)14(12-13)4-5-15-16-6-7-18(21)20(16,3)11-9-17(15)19/h12,14-17H,4-11H2,1-3H3/t14?,15-,16-,17-,19-,20-/m0/s1. The second kappa shape index (κ2) is 4.46. The number of carbonyl (C=O) groups excluding carboxylic acids is 1. The van der Waals surface area contributed by atoms with Gasteiger partial charge in [0.1, 0.15) is 5.78 Å². The molecule has 3 saturated carbocycles. The van der Waals surface area contributed by atoms with Gasteiger partial charge in [0.2, 0.25) is 0 Å². The Morgan fingerprint density at radius 2 is 1.81 bits per heavy atom. The number of rotatable bonds is 0. The molecule has 3 fully saturated rings. The molecule has 0 aromatic carbocycles. The van der Waals surface area contributed by atoms with Crippen LogP contribution in [-0.4, -0.2) is 5.78 Å². The van der Waals surface area contributed by atoms with E-state index in [4.69, 9.17) is 0 Å². The van der Waals surface area contributed by atoms with Crippen LogP contribution in [0, 0.1) is 34.5 Å². The van der Waals surface area contributed by atoms with Crippen molar-refractivity contribution >= 4 is 5.78 Å². The highest BCUT2D eigenvalue weighted by atomic mass is 16.1.